The summed E-state index contributed by atoms with van der Waals surface area (Å²) in [4.78, 5) is 2.38. The lowest BCUT2D eigenvalue weighted by molar-refractivity contribution is 0.0108. The molecule has 7 unspecified atom stereocenters. The van der Waals surface area contributed by atoms with Crippen molar-refractivity contribution in [1.82, 2.24) is 24.6 Å². The van der Waals surface area contributed by atoms with Crippen LogP contribution in [0.25, 0.3) is 0 Å². The van der Waals surface area contributed by atoms with Gasteiger partial charge in [0.15, 0.2) is 0 Å². The van der Waals surface area contributed by atoms with Gasteiger partial charge in [0, 0.05) is 30.4 Å². The molecule has 0 amide bonds. The van der Waals surface area contributed by atoms with E-state index in [9.17, 15) is 18.6 Å². The number of hydrogen-bond acceptors (Lipinski definition) is 10. The molecule has 43 heavy (non-hydrogen) atoms. The van der Waals surface area contributed by atoms with Gasteiger partial charge in [-0.15, -0.1) is 28.3 Å². The fourth-order valence-electron chi connectivity index (χ4n) is 7.19. The van der Waals surface area contributed by atoms with Crippen LogP contribution >= 0.6 is 23.2 Å². The number of piperidine rings is 1. The Bertz CT molecular complexity index is 1080. The zero-order chi connectivity index (χ0) is 30.8. The zero-order valence-corrected chi connectivity index (χ0v) is 27.5. The van der Waals surface area contributed by atoms with E-state index in [0.717, 1.165) is 38.8 Å². The molecule has 0 radical (unpaired) electrons. The van der Waals surface area contributed by atoms with Crippen LogP contribution in [0.5, 0.6) is 0 Å². The van der Waals surface area contributed by atoms with Crippen molar-refractivity contribution >= 4 is 33.2 Å². The highest BCUT2D eigenvalue weighted by molar-refractivity contribution is 7.90. The molecule has 0 aromatic carbocycles. The van der Waals surface area contributed by atoms with E-state index in [2.05, 4.69) is 27.0 Å². The number of aliphatic hydroxyl groups excluding tert-OH is 2. The van der Waals surface area contributed by atoms with Crippen LogP contribution in [0.3, 0.4) is 0 Å². The van der Waals surface area contributed by atoms with Crippen LogP contribution in [-0.4, -0.2) is 121 Å². The molecule has 7 atom stereocenters. The van der Waals surface area contributed by atoms with Crippen molar-refractivity contribution in [2.24, 2.45) is 23.7 Å². The fourth-order valence-corrected chi connectivity index (χ4v) is 9.74. The first-order chi connectivity index (χ1) is 20.7. The van der Waals surface area contributed by atoms with E-state index in [4.69, 9.17) is 37.4 Å². The van der Waals surface area contributed by atoms with E-state index in [-0.39, 0.29) is 42.4 Å². The first-order valence-corrected chi connectivity index (χ1v) is 18.0. The molecule has 15 heteroatoms. The van der Waals surface area contributed by atoms with Gasteiger partial charge in [-0.3, -0.25) is 0 Å². The SMILES string of the molecule is CN1CC2C(Cl)CC(Cl)CC2C(C2CCCC(S(=O)(=O)NCCOCCOCCOCCn3nnc(CO)c3CO)C2)C1. The number of aromatic nitrogens is 3. The van der Waals surface area contributed by atoms with Gasteiger partial charge < -0.3 is 29.3 Å². The Kier molecular flexibility index (Phi) is 14.2. The van der Waals surface area contributed by atoms with Crippen LogP contribution in [0.1, 0.15) is 49.9 Å². The molecule has 0 bridgehead atoms. The molecule has 1 aliphatic heterocycles. The molecule has 248 valence electrons. The summed E-state index contributed by atoms with van der Waals surface area (Å²) in [5, 5.41) is 26.1. The fraction of sp³-hybridized carbons (Fsp3) is 0.929. The first-order valence-electron chi connectivity index (χ1n) is 15.5. The van der Waals surface area contributed by atoms with E-state index in [1.807, 2.05) is 0 Å². The van der Waals surface area contributed by atoms with Gasteiger partial charge >= 0.3 is 0 Å². The van der Waals surface area contributed by atoms with Crippen LogP contribution in [0, 0.1) is 23.7 Å². The Morgan fingerprint density at radius 3 is 2.33 bits per heavy atom. The number of halogens is 2. The number of fused-ring (bicyclic) bond motifs is 1. The molecule has 2 aliphatic carbocycles. The Balaban J connectivity index is 1.07. The van der Waals surface area contributed by atoms with Crippen LogP contribution in [0.4, 0.5) is 0 Å². The summed E-state index contributed by atoms with van der Waals surface area (Å²) >= 11 is 13.4. The lowest BCUT2D eigenvalue weighted by Crippen LogP contribution is -2.54. The van der Waals surface area contributed by atoms with E-state index < -0.39 is 10.0 Å². The Morgan fingerprint density at radius 1 is 0.907 bits per heavy atom. The van der Waals surface area contributed by atoms with Crippen LogP contribution in [0.15, 0.2) is 0 Å². The summed E-state index contributed by atoms with van der Waals surface area (Å²) in [6.45, 7) is 4.26. The molecule has 1 aromatic heterocycles. The summed E-state index contributed by atoms with van der Waals surface area (Å²) < 4.78 is 47.2. The minimum Gasteiger partial charge on any atom is -0.390 e. The predicted molar refractivity (Wildman–Crippen MR) is 163 cm³/mol. The van der Waals surface area contributed by atoms with Crippen molar-refractivity contribution in [1.29, 1.82) is 0 Å². The third-order valence-corrected chi connectivity index (χ3v) is 12.1. The summed E-state index contributed by atoms with van der Waals surface area (Å²) in [5.74, 6) is 1.70. The van der Waals surface area contributed by atoms with Gasteiger partial charge in [-0.2, -0.15) is 0 Å². The maximum Gasteiger partial charge on any atom is 0.214 e. The van der Waals surface area contributed by atoms with E-state index >= 15 is 0 Å². The predicted octanol–water partition coefficient (Wildman–Crippen LogP) is 1.59. The average Bonchev–Trinajstić information content (AvgIpc) is 3.39. The highest BCUT2D eigenvalue weighted by Crippen LogP contribution is 2.48. The summed E-state index contributed by atoms with van der Waals surface area (Å²) in [6.07, 6.45) is 5.22. The maximum atomic E-state index is 13.2. The minimum absolute atomic E-state index is 0.0927. The molecule has 1 aromatic rings. The monoisotopic (exact) mass is 669 g/mol. The Labute approximate surface area is 265 Å². The minimum atomic E-state index is -3.43. The lowest BCUT2D eigenvalue weighted by Gasteiger charge is -2.51. The summed E-state index contributed by atoms with van der Waals surface area (Å²) in [7, 11) is -1.28. The largest absolute Gasteiger partial charge is 0.390 e. The number of alkyl halides is 2. The smallest absolute Gasteiger partial charge is 0.214 e. The molecule has 3 aliphatic rings. The maximum absolute atomic E-state index is 13.2. The third kappa shape index (κ3) is 9.94. The Morgan fingerprint density at radius 2 is 1.60 bits per heavy atom. The number of ether oxygens (including phenoxy) is 3. The molecule has 0 spiro atoms. The molecule has 1 saturated heterocycles. The quantitative estimate of drug-likeness (QED) is 0.165. The number of likely N-dealkylation sites (tertiary alicyclic amines) is 1. The van der Waals surface area contributed by atoms with Crippen molar-refractivity contribution in [2.45, 2.75) is 74.3 Å². The van der Waals surface area contributed by atoms with Gasteiger partial charge in [0.1, 0.15) is 5.69 Å². The zero-order valence-electron chi connectivity index (χ0n) is 25.2. The van der Waals surface area contributed by atoms with Gasteiger partial charge in [-0.05, 0) is 56.4 Å². The first kappa shape index (κ1) is 35.2. The number of hydrogen-bond donors (Lipinski definition) is 3. The van der Waals surface area contributed by atoms with Crippen molar-refractivity contribution in [3.05, 3.63) is 11.4 Å². The molecule has 3 fully saturated rings. The van der Waals surface area contributed by atoms with Gasteiger partial charge in [0.05, 0.1) is 70.3 Å². The molecule has 12 nitrogen and oxygen atoms in total. The van der Waals surface area contributed by atoms with E-state index in [1.54, 1.807) is 0 Å². The average molecular weight is 671 g/mol. The second-order valence-corrected chi connectivity index (χ2v) is 15.4. The van der Waals surface area contributed by atoms with Crippen LogP contribution in [-0.2, 0) is 44.0 Å². The lowest BCUT2D eigenvalue weighted by atomic mass is 9.63. The second-order valence-electron chi connectivity index (χ2n) is 12.1. The number of rotatable bonds is 17. The number of sulfonamides is 1. The number of nitrogens with one attached hydrogen (secondary N) is 1. The van der Waals surface area contributed by atoms with E-state index in [0.29, 0.717) is 87.5 Å². The molecular weight excluding hydrogens is 621 g/mol. The van der Waals surface area contributed by atoms with E-state index in [1.165, 1.54) is 4.68 Å². The molecule has 4 rings (SSSR count). The number of nitrogens with zero attached hydrogens (tertiary/aromatic N) is 4. The number of aliphatic hydroxyl groups is 2. The van der Waals surface area contributed by atoms with Crippen molar-refractivity contribution < 1.29 is 32.8 Å². The highest BCUT2D eigenvalue weighted by atomic mass is 35.5. The van der Waals surface area contributed by atoms with Gasteiger partial charge in [0.25, 0.3) is 0 Å². The van der Waals surface area contributed by atoms with Crippen LogP contribution in [0.2, 0.25) is 0 Å². The van der Waals surface area contributed by atoms with Gasteiger partial charge in [-0.25, -0.2) is 17.8 Å². The van der Waals surface area contributed by atoms with Gasteiger partial charge in [-0.1, -0.05) is 18.1 Å². The highest BCUT2D eigenvalue weighted by Gasteiger charge is 2.47. The van der Waals surface area contributed by atoms with Crippen molar-refractivity contribution in [3.8, 4) is 0 Å². The van der Waals surface area contributed by atoms with Crippen molar-refractivity contribution in [2.75, 3.05) is 66.3 Å². The summed E-state index contributed by atoms with van der Waals surface area (Å²) in [5.41, 5.74) is 0.836. The normalized spacial score (nSPS) is 30.4. The second kappa shape index (κ2) is 17.3. The molecule has 2 saturated carbocycles. The Hall–Kier alpha value is -0.610. The van der Waals surface area contributed by atoms with Crippen molar-refractivity contribution in [3.63, 3.8) is 0 Å². The molecule has 2 heterocycles. The molecule has 3 N–H and O–H groups in total. The third-order valence-electron chi connectivity index (χ3n) is 9.29. The topological polar surface area (TPSA) is 148 Å². The van der Waals surface area contributed by atoms with Gasteiger partial charge in [0.2, 0.25) is 10.0 Å². The summed E-state index contributed by atoms with van der Waals surface area (Å²) in [6, 6.07) is 0. The standard InChI is InChI=1S/C28H49Cl2N5O7S/c1-34-16-24(23-14-21(29)15-26(30)25(23)17-34)20-3-2-4-22(13-20)43(38,39)31-5-7-40-9-11-42-12-10-41-8-6-35-28(19-37)27(18-36)32-33-35/h20-26,31,36-37H,2-19H2,1H3. The molecular formula is C28H49Cl2N5O7S. The van der Waals surface area contributed by atoms with Crippen LogP contribution < -0.4 is 4.72 Å².